The minimum Gasteiger partial charge on any atom is -0.444 e. The Hall–Kier alpha value is -0.900. The van der Waals surface area contributed by atoms with E-state index >= 15 is 0 Å². The van der Waals surface area contributed by atoms with Crippen molar-refractivity contribution in [3.05, 3.63) is 56.5 Å². The van der Waals surface area contributed by atoms with E-state index in [0.29, 0.717) is 21.5 Å². The average molecular weight is 360 g/mol. The molecular formula is C14H9BrCl2O2. The van der Waals surface area contributed by atoms with Crippen molar-refractivity contribution in [1.29, 1.82) is 0 Å². The second-order valence-corrected chi connectivity index (χ2v) is 6.04. The molecule has 0 aliphatic carbocycles. The number of ether oxygens (including phenoxy) is 2. The van der Waals surface area contributed by atoms with Crippen LogP contribution in [0.3, 0.4) is 0 Å². The van der Waals surface area contributed by atoms with Gasteiger partial charge in [-0.25, -0.2) is 0 Å². The van der Waals surface area contributed by atoms with E-state index in [1.54, 1.807) is 12.1 Å². The van der Waals surface area contributed by atoms with E-state index in [2.05, 4.69) is 15.9 Å². The Morgan fingerprint density at radius 3 is 2.58 bits per heavy atom. The van der Waals surface area contributed by atoms with Gasteiger partial charge in [0.05, 0.1) is 15.1 Å². The molecule has 1 atom stereocenters. The normalized spacial score (nSPS) is 20.6. The molecule has 0 bridgehead atoms. The Morgan fingerprint density at radius 2 is 1.89 bits per heavy atom. The number of hydrogen-bond acceptors (Lipinski definition) is 2. The molecule has 1 unspecified atom stereocenters. The van der Waals surface area contributed by atoms with Crippen molar-refractivity contribution in [2.24, 2.45) is 0 Å². The van der Waals surface area contributed by atoms with Gasteiger partial charge in [-0.2, -0.15) is 0 Å². The maximum absolute atomic E-state index is 6.23. The zero-order valence-corrected chi connectivity index (χ0v) is 13.0. The molecule has 0 amide bonds. The van der Waals surface area contributed by atoms with Crippen LogP contribution in [0.4, 0.5) is 0 Å². The molecule has 2 aromatic rings. The fourth-order valence-corrected chi connectivity index (χ4v) is 3.07. The molecule has 5 heteroatoms. The van der Waals surface area contributed by atoms with Gasteiger partial charge in [0.2, 0.25) is 0 Å². The van der Waals surface area contributed by atoms with Gasteiger partial charge in [0.25, 0.3) is 5.79 Å². The summed E-state index contributed by atoms with van der Waals surface area (Å²) in [5.74, 6) is 0.410. The van der Waals surface area contributed by atoms with Gasteiger partial charge in [0, 0.05) is 11.9 Å². The van der Waals surface area contributed by atoms with Crippen molar-refractivity contribution in [3.8, 4) is 11.5 Å². The Bertz CT molecular complexity index is 660. The summed E-state index contributed by atoms with van der Waals surface area (Å²) < 4.78 is 12.7. The molecule has 0 N–H and O–H groups in total. The summed E-state index contributed by atoms with van der Waals surface area (Å²) in [6.07, 6.45) is 0. The first-order chi connectivity index (χ1) is 8.99. The predicted molar refractivity (Wildman–Crippen MR) is 79.2 cm³/mol. The van der Waals surface area contributed by atoms with Crippen molar-refractivity contribution in [2.45, 2.75) is 12.7 Å². The molecule has 98 valence electrons. The maximum atomic E-state index is 6.23. The summed E-state index contributed by atoms with van der Waals surface area (Å²) in [4.78, 5) is 0. The first kappa shape index (κ1) is 13.1. The third-order valence-corrected chi connectivity index (χ3v) is 4.13. The van der Waals surface area contributed by atoms with E-state index in [-0.39, 0.29) is 0 Å². The highest BCUT2D eigenvalue weighted by Gasteiger charge is 2.41. The third kappa shape index (κ3) is 2.20. The minimum absolute atomic E-state index is 0.513. The van der Waals surface area contributed by atoms with Gasteiger partial charge >= 0.3 is 0 Å². The van der Waals surface area contributed by atoms with Crippen LogP contribution in [0, 0.1) is 0 Å². The van der Waals surface area contributed by atoms with Gasteiger partial charge in [0.15, 0.2) is 11.5 Å². The lowest BCUT2D eigenvalue weighted by Gasteiger charge is -2.24. The minimum atomic E-state index is -0.951. The Morgan fingerprint density at radius 1 is 1.11 bits per heavy atom. The quantitative estimate of drug-likeness (QED) is 0.678. The Labute approximate surface area is 129 Å². The van der Waals surface area contributed by atoms with Gasteiger partial charge in [-0.3, -0.25) is 0 Å². The zero-order chi connectivity index (χ0) is 13.6. The molecule has 1 heterocycles. The van der Waals surface area contributed by atoms with Crippen molar-refractivity contribution >= 4 is 39.1 Å². The molecule has 0 aromatic heterocycles. The summed E-state index contributed by atoms with van der Waals surface area (Å²) in [6.45, 7) is 1.83. The summed E-state index contributed by atoms with van der Waals surface area (Å²) in [5, 5.41) is 1.09. The smallest absolute Gasteiger partial charge is 0.277 e. The fraction of sp³-hybridized carbons (Fsp3) is 0.143. The lowest BCUT2D eigenvalue weighted by atomic mass is 10.1. The second kappa shape index (κ2) is 4.58. The zero-order valence-electron chi connectivity index (χ0n) is 9.91. The lowest BCUT2D eigenvalue weighted by Crippen LogP contribution is -2.31. The predicted octanol–water partition coefficient (Wildman–Crippen LogP) is 5.40. The topological polar surface area (TPSA) is 18.5 Å². The lowest BCUT2D eigenvalue weighted by molar-refractivity contribution is -0.0682. The summed E-state index contributed by atoms with van der Waals surface area (Å²) in [6, 6.07) is 10.9. The molecular weight excluding hydrogens is 351 g/mol. The van der Waals surface area contributed by atoms with Gasteiger partial charge in [-0.05, 0) is 46.3 Å². The van der Waals surface area contributed by atoms with Crippen LogP contribution in [0.25, 0.3) is 0 Å². The van der Waals surface area contributed by atoms with E-state index in [1.807, 2.05) is 31.2 Å². The van der Waals surface area contributed by atoms with Crippen molar-refractivity contribution in [3.63, 3.8) is 0 Å². The molecule has 0 fully saturated rings. The summed E-state index contributed by atoms with van der Waals surface area (Å²) >= 11 is 15.6. The van der Waals surface area contributed by atoms with Crippen LogP contribution in [-0.2, 0) is 5.79 Å². The second-order valence-electron chi connectivity index (χ2n) is 4.34. The molecule has 0 spiro atoms. The number of para-hydroxylation sites is 1. The molecule has 0 radical (unpaired) electrons. The molecule has 1 aliphatic heterocycles. The van der Waals surface area contributed by atoms with Gasteiger partial charge in [-0.1, -0.05) is 29.3 Å². The van der Waals surface area contributed by atoms with Crippen LogP contribution in [0.1, 0.15) is 12.5 Å². The van der Waals surface area contributed by atoms with Crippen molar-refractivity contribution < 1.29 is 9.47 Å². The summed E-state index contributed by atoms with van der Waals surface area (Å²) in [5.41, 5.74) is 0.738. The average Bonchev–Trinajstić information content (AvgIpc) is 2.68. The highest BCUT2D eigenvalue weighted by Crippen LogP contribution is 2.48. The number of rotatable bonds is 1. The maximum Gasteiger partial charge on any atom is 0.277 e. The number of benzene rings is 2. The first-order valence-electron chi connectivity index (χ1n) is 5.62. The standard InChI is InChI=1S/C14H9BrCl2O2/c1-14(9-6-5-8(16)7-11(9)17)18-12-4-2-3-10(15)13(12)19-14/h2-7H,1H3. The molecule has 3 rings (SSSR count). The first-order valence-corrected chi connectivity index (χ1v) is 7.16. The van der Waals surface area contributed by atoms with Crippen molar-refractivity contribution in [1.82, 2.24) is 0 Å². The number of hydrogen-bond donors (Lipinski definition) is 0. The molecule has 19 heavy (non-hydrogen) atoms. The molecule has 2 nitrogen and oxygen atoms in total. The van der Waals surface area contributed by atoms with Crippen LogP contribution in [0.15, 0.2) is 40.9 Å². The van der Waals surface area contributed by atoms with Gasteiger partial charge in [0.1, 0.15) is 0 Å². The number of fused-ring (bicyclic) bond motifs is 1. The number of halogens is 3. The summed E-state index contributed by atoms with van der Waals surface area (Å²) in [7, 11) is 0. The Balaban J connectivity index is 2.06. The van der Waals surface area contributed by atoms with E-state index in [4.69, 9.17) is 32.7 Å². The fourth-order valence-electron chi connectivity index (χ4n) is 2.06. The van der Waals surface area contributed by atoms with Gasteiger partial charge in [-0.15, -0.1) is 0 Å². The largest absolute Gasteiger partial charge is 0.444 e. The Kier molecular flexibility index (Phi) is 3.16. The van der Waals surface area contributed by atoms with Crippen molar-refractivity contribution in [2.75, 3.05) is 0 Å². The van der Waals surface area contributed by atoms with Crippen LogP contribution in [0.5, 0.6) is 11.5 Å². The highest BCUT2D eigenvalue weighted by atomic mass is 79.9. The van der Waals surface area contributed by atoms with E-state index < -0.39 is 5.79 Å². The van der Waals surface area contributed by atoms with Gasteiger partial charge < -0.3 is 9.47 Å². The van der Waals surface area contributed by atoms with Crippen LogP contribution in [-0.4, -0.2) is 0 Å². The monoisotopic (exact) mass is 358 g/mol. The van der Waals surface area contributed by atoms with E-state index in [9.17, 15) is 0 Å². The van der Waals surface area contributed by atoms with E-state index in [0.717, 1.165) is 10.0 Å². The molecule has 2 aromatic carbocycles. The van der Waals surface area contributed by atoms with Crippen LogP contribution >= 0.6 is 39.1 Å². The van der Waals surface area contributed by atoms with Crippen LogP contribution < -0.4 is 9.47 Å². The van der Waals surface area contributed by atoms with Crippen LogP contribution in [0.2, 0.25) is 10.0 Å². The molecule has 1 aliphatic rings. The molecule has 0 saturated heterocycles. The SMILES string of the molecule is CC1(c2ccc(Cl)cc2Cl)Oc2cccc(Br)c2O1. The molecule has 0 saturated carbocycles. The third-order valence-electron chi connectivity index (χ3n) is 2.95. The highest BCUT2D eigenvalue weighted by molar-refractivity contribution is 9.10. The van der Waals surface area contributed by atoms with E-state index in [1.165, 1.54) is 0 Å².